The molecular formula is C41H70NO9P. The van der Waals surface area contributed by atoms with E-state index in [9.17, 15) is 19.0 Å². The molecule has 0 spiro atoms. The van der Waals surface area contributed by atoms with E-state index in [4.69, 9.17) is 24.8 Å². The first-order valence-electron chi connectivity index (χ1n) is 19.5. The molecule has 0 amide bonds. The normalized spacial score (nSPS) is 14.8. The first kappa shape index (κ1) is 49.4. The molecule has 298 valence electrons. The summed E-state index contributed by atoms with van der Waals surface area (Å²) in [5.74, 6) is -1.92. The smallest absolute Gasteiger partial charge is 0.472 e. The van der Waals surface area contributed by atoms with Gasteiger partial charge in [-0.2, -0.15) is 0 Å². The van der Waals surface area contributed by atoms with E-state index in [1.54, 1.807) is 6.08 Å². The Balaban J connectivity index is 4.47. The number of carboxylic acid groups (broad SMARTS) is 1. The number of hydrogen-bond acceptors (Lipinski definition) is 8. The molecule has 0 aromatic carbocycles. The summed E-state index contributed by atoms with van der Waals surface area (Å²) in [5, 5.41) is 8.87. The number of rotatable bonds is 36. The van der Waals surface area contributed by atoms with Gasteiger partial charge in [-0.05, 0) is 64.2 Å². The van der Waals surface area contributed by atoms with E-state index in [1.807, 2.05) is 12.2 Å². The molecule has 0 saturated heterocycles. The van der Waals surface area contributed by atoms with Crippen LogP contribution in [0.4, 0.5) is 0 Å². The number of carbonyl (C=O) groups is 2. The van der Waals surface area contributed by atoms with Gasteiger partial charge < -0.3 is 25.2 Å². The van der Waals surface area contributed by atoms with Crippen LogP contribution in [0, 0.1) is 0 Å². The minimum Gasteiger partial charge on any atom is -0.480 e. The molecule has 0 rings (SSSR count). The molecular weight excluding hydrogens is 681 g/mol. The molecule has 0 aromatic heterocycles. The van der Waals surface area contributed by atoms with E-state index in [2.05, 4.69) is 73.1 Å². The average Bonchev–Trinajstić information content (AvgIpc) is 3.12. The number of esters is 1. The van der Waals surface area contributed by atoms with Crippen LogP contribution in [0.2, 0.25) is 0 Å². The van der Waals surface area contributed by atoms with Crippen molar-refractivity contribution in [3.05, 3.63) is 72.9 Å². The zero-order chi connectivity index (χ0) is 38.4. The number of unbranched alkanes of at least 4 members (excludes halogenated alkanes) is 11. The van der Waals surface area contributed by atoms with E-state index in [0.717, 1.165) is 51.4 Å². The van der Waals surface area contributed by atoms with Crippen LogP contribution in [0.5, 0.6) is 0 Å². The van der Waals surface area contributed by atoms with Crippen molar-refractivity contribution in [2.24, 2.45) is 5.73 Å². The predicted molar refractivity (Wildman–Crippen MR) is 212 cm³/mol. The molecule has 11 heteroatoms. The van der Waals surface area contributed by atoms with Gasteiger partial charge >= 0.3 is 19.8 Å². The Morgan fingerprint density at radius 2 is 1.12 bits per heavy atom. The summed E-state index contributed by atoms with van der Waals surface area (Å²) in [5.41, 5.74) is 5.33. The highest BCUT2D eigenvalue weighted by molar-refractivity contribution is 7.47. The van der Waals surface area contributed by atoms with Crippen molar-refractivity contribution in [2.75, 3.05) is 26.4 Å². The maximum Gasteiger partial charge on any atom is 0.472 e. The molecule has 0 aromatic rings. The van der Waals surface area contributed by atoms with Crippen LogP contribution >= 0.6 is 7.82 Å². The van der Waals surface area contributed by atoms with Crippen LogP contribution in [-0.2, 0) is 32.7 Å². The Morgan fingerprint density at radius 3 is 1.65 bits per heavy atom. The molecule has 0 heterocycles. The number of phosphoric ester groups is 1. The lowest BCUT2D eigenvalue weighted by molar-refractivity contribution is -0.153. The van der Waals surface area contributed by atoms with Gasteiger partial charge in [-0.1, -0.05) is 138 Å². The van der Waals surface area contributed by atoms with Gasteiger partial charge in [0.25, 0.3) is 0 Å². The number of aliphatic carboxylic acids is 1. The Morgan fingerprint density at radius 1 is 0.635 bits per heavy atom. The number of carbonyl (C=O) groups excluding carboxylic acids is 1. The van der Waals surface area contributed by atoms with Crippen LogP contribution < -0.4 is 5.73 Å². The molecule has 0 aliphatic rings. The van der Waals surface area contributed by atoms with Crippen molar-refractivity contribution in [3.63, 3.8) is 0 Å². The predicted octanol–water partition coefficient (Wildman–Crippen LogP) is 10.2. The zero-order valence-corrected chi connectivity index (χ0v) is 33.0. The highest BCUT2D eigenvalue weighted by Crippen LogP contribution is 2.43. The molecule has 52 heavy (non-hydrogen) atoms. The fourth-order valence-corrected chi connectivity index (χ4v) is 5.51. The molecule has 0 aliphatic carbocycles. The minimum atomic E-state index is -4.64. The quantitative estimate of drug-likeness (QED) is 0.0244. The molecule has 3 unspecified atom stereocenters. The second-order valence-corrected chi connectivity index (χ2v) is 14.1. The molecule has 0 fully saturated rings. The standard InChI is InChI=1S/C41H70NO9P/c1-3-5-7-9-11-13-15-17-19-21-23-25-27-29-31-33-40(43)51-38(36-49-52(46,47)50-37-39(42)41(44)45)35-48-34-32-30-28-26-24-22-20-18-16-14-12-10-8-6-4-2/h5,7,11,13,16-19,23,25,29,31,38-39H,3-4,6,8-10,12,14-15,20-22,24,26-28,30,32-37,42H2,1-2H3,(H,44,45)(H,46,47)/b7-5-,13-11-,18-16-,19-17-,25-23-,31-29-. The number of allylic oxidation sites excluding steroid dienone is 11. The summed E-state index contributed by atoms with van der Waals surface area (Å²) in [6.07, 6.45) is 44.1. The van der Waals surface area contributed by atoms with Crippen LogP contribution in [0.15, 0.2) is 72.9 Å². The van der Waals surface area contributed by atoms with Crippen molar-refractivity contribution < 1.29 is 42.7 Å². The lowest BCUT2D eigenvalue weighted by Crippen LogP contribution is -2.34. The molecule has 0 bridgehead atoms. The van der Waals surface area contributed by atoms with Crippen LogP contribution in [0.25, 0.3) is 0 Å². The number of carboxylic acids is 1. The highest BCUT2D eigenvalue weighted by atomic mass is 31.2. The van der Waals surface area contributed by atoms with Crippen molar-refractivity contribution in [3.8, 4) is 0 Å². The van der Waals surface area contributed by atoms with Crippen LogP contribution in [0.3, 0.4) is 0 Å². The van der Waals surface area contributed by atoms with Gasteiger partial charge in [0, 0.05) is 6.61 Å². The van der Waals surface area contributed by atoms with Gasteiger partial charge in [-0.3, -0.25) is 18.6 Å². The lowest BCUT2D eigenvalue weighted by Gasteiger charge is -2.20. The van der Waals surface area contributed by atoms with Crippen LogP contribution in [-0.4, -0.2) is 60.5 Å². The molecule has 4 N–H and O–H groups in total. The third-order valence-corrected chi connectivity index (χ3v) is 8.70. The SMILES string of the molecule is CC/C=C\C/C=C\C/C=C\C/C=C\C/C=C\CC(=O)OC(COCCCCCCCC/C=C\CCCCCCC)COP(=O)(O)OCC(N)C(=O)O. The summed E-state index contributed by atoms with van der Waals surface area (Å²) in [6, 6.07) is -1.49. The van der Waals surface area contributed by atoms with E-state index in [1.165, 1.54) is 57.8 Å². The summed E-state index contributed by atoms with van der Waals surface area (Å²) >= 11 is 0. The fourth-order valence-electron chi connectivity index (χ4n) is 4.73. The Kier molecular flexibility index (Phi) is 34.9. The Labute approximate surface area is 314 Å². The largest absolute Gasteiger partial charge is 0.480 e. The third-order valence-electron chi connectivity index (χ3n) is 7.75. The molecule has 10 nitrogen and oxygen atoms in total. The number of nitrogens with two attached hydrogens (primary N) is 1. The first-order chi connectivity index (χ1) is 25.2. The molecule has 0 radical (unpaired) electrons. The van der Waals surface area contributed by atoms with Crippen molar-refractivity contribution in [1.82, 2.24) is 0 Å². The lowest BCUT2D eigenvalue weighted by atomic mass is 10.1. The fraction of sp³-hybridized carbons (Fsp3) is 0.659. The minimum absolute atomic E-state index is 0.0135. The van der Waals surface area contributed by atoms with Crippen LogP contribution in [0.1, 0.15) is 136 Å². The van der Waals surface area contributed by atoms with E-state index >= 15 is 0 Å². The summed E-state index contributed by atoms with van der Waals surface area (Å²) in [7, 11) is -4.64. The number of hydrogen-bond donors (Lipinski definition) is 3. The summed E-state index contributed by atoms with van der Waals surface area (Å²) in [6.45, 7) is 3.59. The second kappa shape index (κ2) is 36.8. The summed E-state index contributed by atoms with van der Waals surface area (Å²) in [4.78, 5) is 33.3. The van der Waals surface area contributed by atoms with Gasteiger partial charge in [-0.25, -0.2) is 4.57 Å². The number of ether oxygens (including phenoxy) is 2. The molecule has 3 atom stereocenters. The van der Waals surface area contributed by atoms with Gasteiger partial charge in [0.1, 0.15) is 12.1 Å². The monoisotopic (exact) mass is 751 g/mol. The van der Waals surface area contributed by atoms with Gasteiger partial charge in [0.2, 0.25) is 0 Å². The molecule has 0 saturated carbocycles. The third kappa shape index (κ3) is 35.8. The second-order valence-electron chi connectivity index (χ2n) is 12.7. The van der Waals surface area contributed by atoms with Crippen molar-refractivity contribution in [2.45, 2.75) is 148 Å². The maximum atomic E-state index is 12.5. The maximum absolute atomic E-state index is 12.5. The van der Waals surface area contributed by atoms with Crippen molar-refractivity contribution >= 4 is 19.8 Å². The van der Waals surface area contributed by atoms with Gasteiger partial charge in [0.05, 0.1) is 26.2 Å². The Bertz CT molecular complexity index is 1100. The zero-order valence-electron chi connectivity index (χ0n) is 32.1. The van der Waals surface area contributed by atoms with Gasteiger partial charge in [0.15, 0.2) is 0 Å². The Hall–Kier alpha value is -2.59. The molecule has 0 aliphatic heterocycles. The van der Waals surface area contributed by atoms with E-state index in [0.29, 0.717) is 13.0 Å². The van der Waals surface area contributed by atoms with E-state index in [-0.39, 0.29) is 13.0 Å². The topological polar surface area (TPSA) is 155 Å². The van der Waals surface area contributed by atoms with Crippen molar-refractivity contribution in [1.29, 1.82) is 0 Å². The average molecular weight is 752 g/mol. The van der Waals surface area contributed by atoms with Gasteiger partial charge in [-0.15, -0.1) is 0 Å². The van der Waals surface area contributed by atoms with E-state index < -0.39 is 45.1 Å². The highest BCUT2D eigenvalue weighted by Gasteiger charge is 2.27. The first-order valence-corrected chi connectivity index (χ1v) is 21.0. The summed E-state index contributed by atoms with van der Waals surface area (Å²) < 4.78 is 33.1. The number of phosphoric acid groups is 1.